The molecule has 1 amide bonds. The lowest BCUT2D eigenvalue weighted by molar-refractivity contribution is -0.118. The number of nitrogens with zero attached hydrogens (tertiary/aromatic N) is 3. The Balaban J connectivity index is 1.77. The second kappa shape index (κ2) is 6.97. The van der Waals surface area contributed by atoms with Gasteiger partial charge in [0.1, 0.15) is 4.83 Å². The highest BCUT2D eigenvalue weighted by molar-refractivity contribution is 7.16. The first-order valence-electron chi connectivity index (χ1n) is 7.90. The Morgan fingerprint density at radius 1 is 1.29 bits per heavy atom. The number of para-hydroxylation sites is 1. The second-order valence-electron chi connectivity index (χ2n) is 5.56. The fraction of sp³-hybridized carbons (Fsp3) is 0.278. The molecule has 24 heavy (non-hydrogen) atoms. The van der Waals surface area contributed by atoms with E-state index in [2.05, 4.69) is 4.98 Å². The van der Waals surface area contributed by atoms with Crippen LogP contribution < -0.4 is 10.5 Å². The molecule has 0 aliphatic rings. The van der Waals surface area contributed by atoms with Gasteiger partial charge in [-0.3, -0.25) is 14.2 Å². The summed E-state index contributed by atoms with van der Waals surface area (Å²) in [7, 11) is 0. The molecule has 0 N–H and O–H groups in total. The molecule has 0 fully saturated rings. The first-order valence-corrected chi connectivity index (χ1v) is 8.78. The zero-order valence-corrected chi connectivity index (χ0v) is 14.5. The number of anilines is 1. The molecule has 0 saturated carbocycles. The van der Waals surface area contributed by atoms with Gasteiger partial charge in [0, 0.05) is 25.2 Å². The molecule has 6 heteroatoms. The molecule has 0 aliphatic carbocycles. The first kappa shape index (κ1) is 16.4. The van der Waals surface area contributed by atoms with Gasteiger partial charge in [-0.2, -0.15) is 0 Å². The molecule has 5 nitrogen and oxygen atoms in total. The van der Waals surface area contributed by atoms with Crippen molar-refractivity contribution in [1.29, 1.82) is 0 Å². The Bertz CT molecular complexity index is 929. The van der Waals surface area contributed by atoms with Crippen LogP contribution in [0.4, 0.5) is 5.69 Å². The number of hydrogen-bond acceptors (Lipinski definition) is 4. The Morgan fingerprint density at radius 3 is 2.83 bits per heavy atom. The number of carbonyl (C=O) groups is 1. The highest BCUT2D eigenvalue weighted by atomic mass is 32.1. The third kappa shape index (κ3) is 3.10. The van der Waals surface area contributed by atoms with Gasteiger partial charge in [-0.25, -0.2) is 4.98 Å². The van der Waals surface area contributed by atoms with E-state index in [0.717, 1.165) is 16.1 Å². The van der Waals surface area contributed by atoms with Crippen LogP contribution in [0.5, 0.6) is 0 Å². The summed E-state index contributed by atoms with van der Waals surface area (Å²) in [4.78, 5) is 31.8. The largest absolute Gasteiger partial charge is 0.312 e. The number of carbonyl (C=O) groups excluding carboxylic acids is 1. The summed E-state index contributed by atoms with van der Waals surface area (Å²) in [6.45, 7) is 4.87. The minimum Gasteiger partial charge on any atom is -0.312 e. The molecule has 3 rings (SSSR count). The predicted molar refractivity (Wildman–Crippen MR) is 97.7 cm³/mol. The summed E-state index contributed by atoms with van der Waals surface area (Å²) in [5.74, 6) is 0.00381. The molecule has 2 heterocycles. The normalized spacial score (nSPS) is 10.9. The number of thiophene rings is 1. The minimum absolute atomic E-state index is 0.00381. The summed E-state index contributed by atoms with van der Waals surface area (Å²) < 4.78 is 1.51. The maximum absolute atomic E-state index is 12.6. The van der Waals surface area contributed by atoms with Crippen LogP contribution in [0.15, 0.2) is 46.8 Å². The van der Waals surface area contributed by atoms with Crippen LogP contribution in [0.25, 0.3) is 10.2 Å². The molecule has 0 bridgehead atoms. The van der Waals surface area contributed by atoms with Crippen LogP contribution in [0.2, 0.25) is 0 Å². The third-order valence-electron chi connectivity index (χ3n) is 4.04. The van der Waals surface area contributed by atoms with Crippen LogP contribution in [-0.2, 0) is 11.3 Å². The molecule has 0 spiro atoms. The Kier molecular flexibility index (Phi) is 4.76. The lowest BCUT2D eigenvalue weighted by Gasteiger charge is -2.23. The zero-order valence-electron chi connectivity index (χ0n) is 13.7. The quantitative estimate of drug-likeness (QED) is 0.716. The Hall–Kier alpha value is -2.47. The molecule has 0 unspecified atom stereocenters. The average Bonchev–Trinajstić information content (AvgIpc) is 3.06. The summed E-state index contributed by atoms with van der Waals surface area (Å²) in [6.07, 6.45) is 1.79. The van der Waals surface area contributed by atoms with E-state index in [-0.39, 0.29) is 17.9 Å². The van der Waals surface area contributed by atoms with Gasteiger partial charge in [-0.05, 0) is 36.9 Å². The average molecular weight is 341 g/mol. The smallest absolute Gasteiger partial charge is 0.262 e. The third-order valence-corrected chi connectivity index (χ3v) is 4.86. The van der Waals surface area contributed by atoms with E-state index in [4.69, 9.17) is 0 Å². The van der Waals surface area contributed by atoms with Crippen molar-refractivity contribution >= 4 is 33.1 Å². The highest BCUT2D eigenvalue weighted by Crippen LogP contribution is 2.20. The molecule has 0 aliphatic heterocycles. The van der Waals surface area contributed by atoms with Crippen LogP contribution in [0.3, 0.4) is 0 Å². The van der Waals surface area contributed by atoms with Gasteiger partial charge in [0.15, 0.2) is 0 Å². The fourth-order valence-corrected chi connectivity index (χ4v) is 3.47. The fourth-order valence-electron chi connectivity index (χ4n) is 2.75. The van der Waals surface area contributed by atoms with Crippen molar-refractivity contribution in [3.63, 3.8) is 0 Å². The topological polar surface area (TPSA) is 55.2 Å². The van der Waals surface area contributed by atoms with Crippen molar-refractivity contribution in [3.8, 4) is 0 Å². The zero-order chi connectivity index (χ0) is 17.1. The van der Waals surface area contributed by atoms with Crippen LogP contribution in [-0.4, -0.2) is 22.0 Å². The van der Waals surface area contributed by atoms with Gasteiger partial charge in [-0.1, -0.05) is 18.2 Å². The lowest BCUT2D eigenvalue weighted by atomic mass is 10.1. The van der Waals surface area contributed by atoms with E-state index < -0.39 is 0 Å². The molecular formula is C18H19N3O2S. The number of aromatic nitrogens is 2. The molecule has 0 radical (unpaired) electrons. The summed E-state index contributed by atoms with van der Waals surface area (Å²) in [6, 6.07) is 9.60. The van der Waals surface area contributed by atoms with Gasteiger partial charge in [0.2, 0.25) is 5.91 Å². The van der Waals surface area contributed by atoms with Gasteiger partial charge in [0.25, 0.3) is 5.56 Å². The van der Waals surface area contributed by atoms with Crippen molar-refractivity contribution in [2.45, 2.75) is 26.8 Å². The van der Waals surface area contributed by atoms with Crippen LogP contribution in [0.1, 0.15) is 18.9 Å². The van der Waals surface area contributed by atoms with Crippen molar-refractivity contribution in [2.24, 2.45) is 0 Å². The number of rotatable bonds is 5. The van der Waals surface area contributed by atoms with E-state index in [1.54, 1.807) is 11.0 Å². The summed E-state index contributed by atoms with van der Waals surface area (Å²) >= 11 is 1.44. The van der Waals surface area contributed by atoms with Crippen molar-refractivity contribution < 1.29 is 4.79 Å². The van der Waals surface area contributed by atoms with E-state index in [1.807, 2.05) is 43.5 Å². The number of fused-ring (bicyclic) bond motifs is 1. The van der Waals surface area contributed by atoms with E-state index in [9.17, 15) is 9.59 Å². The summed E-state index contributed by atoms with van der Waals surface area (Å²) in [5.41, 5.74) is 1.89. The molecule has 0 atom stereocenters. The number of aryl methyl sites for hydroxylation is 2. The lowest BCUT2D eigenvalue weighted by Crippen LogP contribution is -2.33. The monoisotopic (exact) mass is 341 g/mol. The SMILES string of the molecule is CCN(C(=O)CCn1cnc2sccc2c1=O)c1ccccc1C. The van der Waals surface area contributed by atoms with Gasteiger partial charge in [-0.15, -0.1) is 11.3 Å². The van der Waals surface area contributed by atoms with E-state index >= 15 is 0 Å². The Morgan fingerprint density at radius 2 is 2.08 bits per heavy atom. The van der Waals surface area contributed by atoms with E-state index in [0.29, 0.717) is 18.5 Å². The molecule has 3 aromatic rings. The predicted octanol–water partition coefficient (Wildman–Crippen LogP) is 3.21. The highest BCUT2D eigenvalue weighted by Gasteiger charge is 2.16. The van der Waals surface area contributed by atoms with Gasteiger partial charge >= 0.3 is 0 Å². The number of hydrogen-bond donors (Lipinski definition) is 0. The van der Waals surface area contributed by atoms with Crippen molar-refractivity contribution in [3.05, 3.63) is 58.0 Å². The van der Waals surface area contributed by atoms with Crippen LogP contribution in [0, 0.1) is 6.92 Å². The van der Waals surface area contributed by atoms with Crippen molar-refractivity contribution in [2.75, 3.05) is 11.4 Å². The maximum atomic E-state index is 12.6. The summed E-state index contributed by atoms with van der Waals surface area (Å²) in [5, 5.41) is 2.46. The molecule has 2 aromatic heterocycles. The number of amides is 1. The first-order chi connectivity index (χ1) is 11.6. The minimum atomic E-state index is -0.0898. The Labute approximate surface area is 144 Å². The maximum Gasteiger partial charge on any atom is 0.262 e. The molecule has 124 valence electrons. The van der Waals surface area contributed by atoms with E-state index in [1.165, 1.54) is 22.2 Å². The molecule has 1 aromatic carbocycles. The molecule has 0 saturated heterocycles. The van der Waals surface area contributed by atoms with Gasteiger partial charge < -0.3 is 4.90 Å². The molecular weight excluding hydrogens is 322 g/mol. The second-order valence-corrected chi connectivity index (χ2v) is 6.45. The van der Waals surface area contributed by atoms with Crippen molar-refractivity contribution in [1.82, 2.24) is 9.55 Å². The number of benzene rings is 1. The standard InChI is InChI=1S/C18H19N3O2S/c1-3-21(15-7-5-4-6-13(15)2)16(22)8-10-20-12-19-17-14(18(20)23)9-11-24-17/h4-7,9,11-12H,3,8,10H2,1-2H3. The van der Waals surface area contributed by atoms with Crippen LogP contribution >= 0.6 is 11.3 Å². The van der Waals surface area contributed by atoms with Gasteiger partial charge in [0.05, 0.1) is 11.7 Å².